The zero-order valence-corrected chi connectivity index (χ0v) is 11.4. The second-order valence-corrected chi connectivity index (χ2v) is 4.89. The van der Waals surface area contributed by atoms with Crippen molar-refractivity contribution in [2.75, 3.05) is 12.8 Å². The second kappa shape index (κ2) is 7.75. The first-order chi connectivity index (χ1) is 7.83. The van der Waals surface area contributed by atoms with Crippen LogP contribution < -0.4 is 5.32 Å². The van der Waals surface area contributed by atoms with Gasteiger partial charge >= 0.3 is 0 Å². The van der Waals surface area contributed by atoms with Gasteiger partial charge in [0.2, 0.25) is 0 Å². The Labute approximate surface area is 104 Å². The fourth-order valence-electron chi connectivity index (χ4n) is 1.93. The molecule has 0 aliphatic rings. The van der Waals surface area contributed by atoms with Crippen LogP contribution in [0, 0.1) is 0 Å². The van der Waals surface area contributed by atoms with E-state index in [1.807, 2.05) is 11.8 Å². The lowest BCUT2D eigenvalue weighted by atomic mass is 10.0. The molecule has 1 nitrogen and oxygen atoms in total. The molecule has 1 N–H and O–H groups in total. The Bertz CT molecular complexity index is 299. The van der Waals surface area contributed by atoms with Gasteiger partial charge in [-0.15, -0.1) is 11.8 Å². The van der Waals surface area contributed by atoms with Gasteiger partial charge < -0.3 is 5.32 Å². The van der Waals surface area contributed by atoms with Crippen LogP contribution in [0.1, 0.15) is 44.7 Å². The van der Waals surface area contributed by atoms with Crippen LogP contribution in [0.25, 0.3) is 0 Å². The topological polar surface area (TPSA) is 12.0 Å². The molecule has 2 heteroatoms. The zero-order valence-electron chi connectivity index (χ0n) is 10.6. The molecule has 1 unspecified atom stereocenters. The highest BCUT2D eigenvalue weighted by Crippen LogP contribution is 2.28. The first-order valence-electron chi connectivity index (χ1n) is 6.19. The largest absolute Gasteiger partial charge is 0.310 e. The van der Waals surface area contributed by atoms with Crippen molar-refractivity contribution in [1.82, 2.24) is 5.32 Å². The molecule has 0 radical (unpaired) electrons. The summed E-state index contributed by atoms with van der Waals surface area (Å²) < 4.78 is 0. The van der Waals surface area contributed by atoms with Crippen LogP contribution in [0.4, 0.5) is 0 Å². The van der Waals surface area contributed by atoms with Gasteiger partial charge in [0, 0.05) is 10.9 Å². The molecule has 16 heavy (non-hydrogen) atoms. The van der Waals surface area contributed by atoms with E-state index >= 15 is 0 Å². The Morgan fingerprint density at radius 1 is 1.19 bits per heavy atom. The first-order valence-corrected chi connectivity index (χ1v) is 7.42. The molecule has 0 aliphatic heterocycles. The molecule has 0 amide bonds. The molecule has 90 valence electrons. The summed E-state index contributed by atoms with van der Waals surface area (Å²) in [5, 5.41) is 3.65. The van der Waals surface area contributed by atoms with Gasteiger partial charge in [-0.1, -0.05) is 38.5 Å². The Morgan fingerprint density at radius 3 is 2.56 bits per heavy atom. The monoisotopic (exact) mass is 237 g/mol. The van der Waals surface area contributed by atoms with E-state index in [2.05, 4.69) is 49.7 Å². The lowest BCUT2D eigenvalue weighted by Gasteiger charge is -2.20. The molecule has 0 aromatic heterocycles. The summed E-state index contributed by atoms with van der Waals surface area (Å²) in [6.45, 7) is 5.58. The molecule has 1 aromatic rings. The average Bonchev–Trinajstić information content (AvgIpc) is 2.34. The van der Waals surface area contributed by atoms with Crippen LogP contribution >= 0.6 is 11.8 Å². The lowest BCUT2D eigenvalue weighted by molar-refractivity contribution is 0.488. The third kappa shape index (κ3) is 3.84. The Hall–Kier alpha value is -0.470. The minimum Gasteiger partial charge on any atom is -0.310 e. The van der Waals surface area contributed by atoms with Crippen LogP contribution in [0.5, 0.6) is 0 Å². The van der Waals surface area contributed by atoms with Gasteiger partial charge in [0.1, 0.15) is 0 Å². The van der Waals surface area contributed by atoms with Crippen molar-refractivity contribution < 1.29 is 0 Å². The molecule has 0 spiro atoms. The maximum atomic E-state index is 3.65. The Balaban J connectivity index is 2.81. The SMILES string of the molecule is CCCNC(CCC)c1ccccc1SC. The molecule has 0 aliphatic carbocycles. The van der Waals surface area contributed by atoms with Gasteiger partial charge in [-0.25, -0.2) is 0 Å². The summed E-state index contributed by atoms with van der Waals surface area (Å²) >= 11 is 1.84. The van der Waals surface area contributed by atoms with E-state index in [-0.39, 0.29) is 0 Å². The van der Waals surface area contributed by atoms with E-state index in [9.17, 15) is 0 Å². The number of rotatable bonds is 7. The molecule has 1 atom stereocenters. The van der Waals surface area contributed by atoms with E-state index in [4.69, 9.17) is 0 Å². The summed E-state index contributed by atoms with van der Waals surface area (Å²) in [5.74, 6) is 0. The molecule has 0 heterocycles. The van der Waals surface area contributed by atoms with E-state index in [0.717, 1.165) is 6.54 Å². The van der Waals surface area contributed by atoms with Crippen LogP contribution in [0.2, 0.25) is 0 Å². The van der Waals surface area contributed by atoms with Crippen LogP contribution in [-0.2, 0) is 0 Å². The molecule has 0 saturated carbocycles. The Kier molecular flexibility index (Phi) is 6.58. The summed E-state index contributed by atoms with van der Waals surface area (Å²) in [4.78, 5) is 1.41. The molecule has 1 rings (SSSR count). The highest BCUT2D eigenvalue weighted by molar-refractivity contribution is 7.98. The van der Waals surface area contributed by atoms with E-state index in [1.54, 1.807) is 0 Å². The van der Waals surface area contributed by atoms with Crippen molar-refractivity contribution in [3.63, 3.8) is 0 Å². The smallest absolute Gasteiger partial charge is 0.0331 e. The molecular formula is C14H23NS. The van der Waals surface area contributed by atoms with Gasteiger partial charge in [0.25, 0.3) is 0 Å². The average molecular weight is 237 g/mol. The number of thioether (sulfide) groups is 1. The summed E-state index contributed by atoms with van der Waals surface area (Å²) in [5.41, 5.74) is 1.46. The Morgan fingerprint density at radius 2 is 1.94 bits per heavy atom. The fraction of sp³-hybridized carbons (Fsp3) is 0.571. The van der Waals surface area contributed by atoms with Crippen molar-refractivity contribution in [1.29, 1.82) is 0 Å². The normalized spacial score (nSPS) is 12.7. The first kappa shape index (κ1) is 13.6. The number of hydrogen-bond acceptors (Lipinski definition) is 2. The predicted octanol–water partition coefficient (Wildman–Crippen LogP) is 4.25. The summed E-state index contributed by atoms with van der Waals surface area (Å²) in [7, 11) is 0. The standard InChI is InChI=1S/C14H23NS/c1-4-8-13(15-11-5-2)12-9-6-7-10-14(12)16-3/h6-7,9-10,13,15H,4-5,8,11H2,1-3H3. The molecule has 0 fully saturated rings. The van der Waals surface area contributed by atoms with Crippen molar-refractivity contribution in [3.05, 3.63) is 29.8 Å². The van der Waals surface area contributed by atoms with E-state index in [0.29, 0.717) is 6.04 Å². The van der Waals surface area contributed by atoms with Crippen molar-refractivity contribution in [2.24, 2.45) is 0 Å². The molecular weight excluding hydrogens is 214 g/mol. The molecule has 0 saturated heterocycles. The van der Waals surface area contributed by atoms with Gasteiger partial charge in [-0.05, 0) is 37.3 Å². The van der Waals surface area contributed by atoms with Crippen LogP contribution in [0.15, 0.2) is 29.2 Å². The maximum absolute atomic E-state index is 3.65. The van der Waals surface area contributed by atoms with Gasteiger partial charge in [-0.3, -0.25) is 0 Å². The van der Waals surface area contributed by atoms with Crippen LogP contribution in [0.3, 0.4) is 0 Å². The maximum Gasteiger partial charge on any atom is 0.0331 e. The van der Waals surface area contributed by atoms with Gasteiger partial charge in [-0.2, -0.15) is 0 Å². The highest BCUT2D eigenvalue weighted by atomic mass is 32.2. The number of hydrogen-bond donors (Lipinski definition) is 1. The second-order valence-electron chi connectivity index (χ2n) is 4.04. The predicted molar refractivity (Wildman–Crippen MR) is 74.2 cm³/mol. The van der Waals surface area contributed by atoms with E-state index < -0.39 is 0 Å². The van der Waals surface area contributed by atoms with Crippen molar-refractivity contribution in [2.45, 2.75) is 44.0 Å². The van der Waals surface area contributed by atoms with Crippen molar-refractivity contribution >= 4 is 11.8 Å². The summed E-state index contributed by atoms with van der Waals surface area (Å²) in [6.07, 6.45) is 5.80. The van der Waals surface area contributed by atoms with Gasteiger partial charge in [0.05, 0.1) is 0 Å². The third-order valence-electron chi connectivity index (χ3n) is 2.73. The quantitative estimate of drug-likeness (QED) is 0.712. The minimum absolute atomic E-state index is 0.522. The fourth-order valence-corrected chi connectivity index (χ4v) is 2.59. The number of nitrogens with one attached hydrogen (secondary N) is 1. The zero-order chi connectivity index (χ0) is 11.8. The number of benzene rings is 1. The van der Waals surface area contributed by atoms with Crippen molar-refractivity contribution in [3.8, 4) is 0 Å². The van der Waals surface area contributed by atoms with Gasteiger partial charge in [0.15, 0.2) is 0 Å². The third-order valence-corrected chi connectivity index (χ3v) is 3.54. The lowest BCUT2D eigenvalue weighted by Crippen LogP contribution is -2.22. The summed E-state index contributed by atoms with van der Waals surface area (Å²) in [6, 6.07) is 9.27. The van der Waals surface area contributed by atoms with E-state index in [1.165, 1.54) is 29.7 Å². The highest BCUT2D eigenvalue weighted by Gasteiger charge is 2.12. The molecule has 1 aromatic carbocycles. The molecule has 0 bridgehead atoms. The van der Waals surface area contributed by atoms with Crippen LogP contribution in [-0.4, -0.2) is 12.8 Å². The minimum atomic E-state index is 0.522.